The zero-order valence-corrected chi connectivity index (χ0v) is 16.4. The van der Waals surface area contributed by atoms with E-state index in [0.29, 0.717) is 16.1 Å². The molecular weight excluding hydrogens is 378 g/mol. The predicted octanol–water partition coefficient (Wildman–Crippen LogP) is 3.90. The number of aldehydes is 1. The molecule has 7 heteroatoms. The van der Waals surface area contributed by atoms with Crippen LogP contribution in [0, 0.1) is 0 Å². The predicted molar refractivity (Wildman–Crippen MR) is 107 cm³/mol. The summed E-state index contributed by atoms with van der Waals surface area (Å²) in [4.78, 5) is 37.8. The first kappa shape index (κ1) is 18.4. The van der Waals surface area contributed by atoms with Crippen molar-refractivity contribution < 1.29 is 19.1 Å². The number of nitrogens with zero attached hydrogens (tertiary/aromatic N) is 1. The molecule has 0 saturated heterocycles. The van der Waals surface area contributed by atoms with Gasteiger partial charge in [-0.1, -0.05) is 0 Å². The molecule has 4 rings (SSSR count). The monoisotopic (exact) mass is 397 g/mol. The zero-order valence-electron chi connectivity index (χ0n) is 15.6. The van der Waals surface area contributed by atoms with Crippen molar-refractivity contribution in [2.45, 2.75) is 25.7 Å². The van der Waals surface area contributed by atoms with E-state index in [1.807, 2.05) is 6.07 Å². The number of pyridine rings is 2. The highest BCUT2D eigenvalue weighted by Gasteiger charge is 2.31. The van der Waals surface area contributed by atoms with E-state index in [9.17, 15) is 14.4 Å². The van der Waals surface area contributed by atoms with Crippen LogP contribution < -0.4 is 10.3 Å². The average Bonchev–Trinajstić information content (AvgIpc) is 3.44. The van der Waals surface area contributed by atoms with Crippen LogP contribution in [0.1, 0.15) is 51.3 Å². The van der Waals surface area contributed by atoms with E-state index in [-0.39, 0.29) is 18.1 Å². The molecule has 3 aromatic rings. The normalized spacial score (nSPS) is 13.5. The molecule has 0 N–H and O–H groups in total. The van der Waals surface area contributed by atoms with E-state index in [1.165, 1.54) is 15.7 Å². The van der Waals surface area contributed by atoms with Gasteiger partial charge in [0.25, 0.3) is 5.56 Å². The van der Waals surface area contributed by atoms with Gasteiger partial charge in [0.15, 0.2) is 12.0 Å². The highest BCUT2D eigenvalue weighted by atomic mass is 32.1. The number of hydrogen-bond acceptors (Lipinski definition) is 6. The van der Waals surface area contributed by atoms with Crippen LogP contribution >= 0.6 is 11.3 Å². The molecule has 3 aromatic heterocycles. The second kappa shape index (κ2) is 7.24. The second-order valence-corrected chi connectivity index (χ2v) is 7.73. The van der Waals surface area contributed by atoms with Gasteiger partial charge in [0.05, 0.1) is 24.1 Å². The summed E-state index contributed by atoms with van der Waals surface area (Å²) in [6.07, 6.45) is 4.47. The van der Waals surface area contributed by atoms with Crippen molar-refractivity contribution in [1.29, 1.82) is 0 Å². The third kappa shape index (κ3) is 3.01. The topological polar surface area (TPSA) is 74.1 Å². The summed E-state index contributed by atoms with van der Waals surface area (Å²) in [5.41, 5.74) is 2.00. The third-order valence-corrected chi connectivity index (χ3v) is 5.88. The molecule has 0 aliphatic heterocycles. The number of methoxy groups -OCH3 is 1. The molecular formula is C21H19NO5S. The fourth-order valence-electron chi connectivity index (χ4n) is 3.41. The Balaban J connectivity index is 2.01. The Morgan fingerprint density at radius 1 is 1.32 bits per heavy atom. The van der Waals surface area contributed by atoms with Gasteiger partial charge in [-0.2, -0.15) is 0 Å². The Morgan fingerprint density at radius 3 is 2.71 bits per heavy atom. The fraction of sp³-hybridized carbons (Fsp3) is 0.286. The van der Waals surface area contributed by atoms with Gasteiger partial charge >= 0.3 is 5.97 Å². The van der Waals surface area contributed by atoms with Crippen molar-refractivity contribution >= 4 is 29.1 Å². The minimum atomic E-state index is -0.610. The number of aromatic nitrogens is 1. The van der Waals surface area contributed by atoms with Gasteiger partial charge in [0, 0.05) is 16.6 Å². The van der Waals surface area contributed by atoms with Gasteiger partial charge in [0.1, 0.15) is 5.56 Å². The SMILES string of the molecule is CCOC(=O)c1cc(C2CC2)c2c(OC)c(-c3ccc(C=O)s3)ccn2c1=O. The molecule has 144 valence electrons. The number of carbonyl (C=O) groups is 2. The van der Waals surface area contributed by atoms with E-state index in [4.69, 9.17) is 9.47 Å². The lowest BCUT2D eigenvalue weighted by molar-refractivity contribution is 0.0524. The molecule has 0 radical (unpaired) electrons. The molecule has 3 heterocycles. The highest BCUT2D eigenvalue weighted by molar-refractivity contribution is 7.17. The maximum Gasteiger partial charge on any atom is 0.343 e. The van der Waals surface area contributed by atoms with Crippen LogP contribution in [-0.2, 0) is 4.74 Å². The number of hydrogen-bond donors (Lipinski definition) is 0. The Morgan fingerprint density at radius 2 is 2.11 bits per heavy atom. The number of fused-ring (bicyclic) bond motifs is 1. The lowest BCUT2D eigenvalue weighted by Crippen LogP contribution is -2.24. The molecule has 0 bridgehead atoms. The first-order valence-corrected chi connectivity index (χ1v) is 9.89. The van der Waals surface area contributed by atoms with Crippen LogP contribution in [0.4, 0.5) is 0 Å². The van der Waals surface area contributed by atoms with Gasteiger partial charge in [0.2, 0.25) is 0 Å². The molecule has 1 aliphatic carbocycles. The molecule has 28 heavy (non-hydrogen) atoms. The van der Waals surface area contributed by atoms with Gasteiger partial charge < -0.3 is 9.47 Å². The van der Waals surface area contributed by atoms with E-state index in [1.54, 1.807) is 38.4 Å². The van der Waals surface area contributed by atoms with Gasteiger partial charge in [-0.3, -0.25) is 14.0 Å². The Hall–Kier alpha value is -2.93. The standard InChI is InChI=1S/C21H19NO5S/c1-3-27-21(25)16-10-15(12-4-5-12)18-19(26-2)14(8-9-22(18)20(16)24)17-7-6-13(11-23)28-17/h6-12H,3-5H2,1-2H3. The molecule has 1 saturated carbocycles. The maximum atomic E-state index is 13.0. The molecule has 1 fully saturated rings. The lowest BCUT2D eigenvalue weighted by Gasteiger charge is -2.16. The lowest BCUT2D eigenvalue weighted by atomic mass is 10.0. The largest absolute Gasteiger partial charge is 0.494 e. The zero-order chi connectivity index (χ0) is 19.8. The van der Waals surface area contributed by atoms with Gasteiger partial charge in [-0.25, -0.2) is 4.79 Å². The molecule has 1 aliphatic rings. The van der Waals surface area contributed by atoms with E-state index >= 15 is 0 Å². The van der Waals surface area contributed by atoms with Crippen molar-refractivity contribution in [3.05, 3.63) is 56.8 Å². The van der Waals surface area contributed by atoms with Gasteiger partial charge in [-0.05, 0) is 55.5 Å². The van der Waals surface area contributed by atoms with Crippen LogP contribution in [0.15, 0.2) is 35.3 Å². The Bertz CT molecular complexity index is 1140. The first-order chi connectivity index (χ1) is 13.6. The van der Waals surface area contributed by atoms with Crippen molar-refractivity contribution in [2.24, 2.45) is 0 Å². The number of esters is 1. The van der Waals surface area contributed by atoms with E-state index < -0.39 is 11.5 Å². The van der Waals surface area contributed by atoms with Crippen LogP contribution in [0.2, 0.25) is 0 Å². The molecule has 0 unspecified atom stereocenters. The van der Waals surface area contributed by atoms with Crippen LogP contribution in [0.3, 0.4) is 0 Å². The smallest absolute Gasteiger partial charge is 0.343 e. The summed E-state index contributed by atoms with van der Waals surface area (Å²) in [6.45, 7) is 1.92. The molecule has 0 aromatic carbocycles. The van der Waals surface area contributed by atoms with Gasteiger partial charge in [-0.15, -0.1) is 11.3 Å². The molecule has 0 atom stereocenters. The summed E-state index contributed by atoms with van der Waals surface area (Å²) in [5, 5.41) is 0. The van der Waals surface area contributed by atoms with Crippen molar-refractivity contribution in [3.63, 3.8) is 0 Å². The Kier molecular flexibility index (Phi) is 4.77. The Labute approximate surface area is 165 Å². The number of rotatable bonds is 6. The first-order valence-electron chi connectivity index (χ1n) is 9.07. The summed E-state index contributed by atoms with van der Waals surface area (Å²) in [6, 6.07) is 7.06. The second-order valence-electron chi connectivity index (χ2n) is 6.61. The molecule has 6 nitrogen and oxygen atoms in total. The number of thiophene rings is 1. The summed E-state index contributed by atoms with van der Waals surface area (Å²) < 4.78 is 12.3. The van der Waals surface area contributed by atoms with E-state index in [0.717, 1.165) is 35.1 Å². The third-order valence-electron chi connectivity index (χ3n) is 4.84. The maximum absolute atomic E-state index is 13.0. The molecule has 0 spiro atoms. The summed E-state index contributed by atoms with van der Waals surface area (Å²) in [5.74, 6) is 0.235. The van der Waals surface area contributed by atoms with Crippen LogP contribution in [0.5, 0.6) is 5.75 Å². The fourth-order valence-corrected chi connectivity index (χ4v) is 4.26. The minimum absolute atomic E-state index is 0.0374. The van der Waals surface area contributed by atoms with Crippen LogP contribution in [0.25, 0.3) is 16.0 Å². The average molecular weight is 397 g/mol. The summed E-state index contributed by atoms with van der Waals surface area (Å²) >= 11 is 1.36. The van der Waals surface area contributed by atoms with Crippen LogP contribution in [-0.4, -0.2) is 30.4 Å². The highest BCUT2D eigenvalue weighted by Crippen LogP contribution is 2.46. The minimum Gasteiger partial charge on any atom is -0.494 e. The van der Waals surface area contributed by atoms with Crippen molar-refractivity contribution in [3.8, 4) is 16.2 Å². The van der Waals surface area contributed by atoms with Crippen molar-refractivity contribution in [2.75, 3.05) is 13.7 Å². The van der Waals surface area contributed by atoms with Crippen molar-refractivity contribution in [1.82, 2.24) is 4.40 Å². The quantitative estimate of drug-likeness (QED) is 0.466. The van der Waals surface area contributed by atoms with E-state index in [2.05, 4.69) is 0 Å². The summed E-state index contributed by atoms with van der Waals surface area (Å²) in [7, 11) is 1.56. The number of ether oxygens (including phenoxy) is 2. The number of carbonyl (C=O) groups excluding carboxylic acids is 2. The molecule has 0 amide bonds.